The molecule has 1 fully saturated rings. The summed E-state index contributed by atoms with van der Waals surface area (Å²) in [4.78, 5) is 26.5. The first-order valence-electron chi connectivity index (χ1n) is 7.58. The summed E-state index contributed by atoms with van der Waals surface area (Å²) in [6.45, 7) is 2.25. The predicted octanol–water partition coefficient (Wildman–Crippen LogP) is 4.24. The van der Waals surface area contributed by atoms with E-state index >= 15 is 0 Å². The zero-order valence-corrected chi connectivity index (χ0v) is 16.0. The van der Waals surface area contributed by atoms with E-state index in [0.29, 0.717) is 11.6 Å². The highest BCUT2D eigenvalue weighted by molar-refractivity contribution is 14.1. The Morgan fingerprint density at radius 3 is 2.75 bits per heavy atom. The number of nitrogens with one attached hydrogen (secondary N) is 1. The van der Waals surface area contributed by atoms with Crippen LogP contribution in [0.5, 0.6) is 0 Å². The molecule has 1 saturated heterocycles. The van der Waals surface area contributed by atoms with Gasteiger partial charge in [0.2, 0.25) is 11.8 Å². The van der Waals surface area contributed by atoms with Crippen LogP contribution in [-0.2, 0) is 9.59 Å². The minimum Gasteiger partial charge on any atom is -0.325 e. The molecule has 4 nitrogen and oxygen atoms in total. The topological polar surface area (TPSA) is 49.4 Å². The molecule has 24 heavy (non-hydrogen) atoms. The zero-order chi connectivity index (χ0) is 17.3. The highest BCUT2D eigenvalue weighted by atomic mass is 127. The third-order valence-corrected chi connectivity index (χ3v) is 5.51. The van der Waals surface area contributed by atoms with Gasteiger partial charge in [-0.3, -0.25) is 9.59 Å². The smallest absolute Gasteiger partial charge is 0.229 e. The molecule has 2 aromatic carbocycles. The monoisotopic (exact) mass is 454 g/mol. The summed E-state index contributed by atoms with van der Waals surface area (Å²) in [6.07, 6.45) is 0.210. The first-order valence-corrected chi connectivity index (χ1v) is 9.04. The molecule has 2 aromatic rings. The van der Waals surface area contributed by atoms with Crippen molar-refractivity contribution in [2.24, 2.45) is 5.92 Å². The molecule has 0 aliphatic carbocycles. The lowest BCUT2D eigenvalue weighted by Gasteiger charge is -2.19. The predicted molar refractivity (Wildman–Crippen MR) is 104 cm³/mol. The number of benzene rings is 2. The molecule has 1 N–H and O–H groups in total. The van der Waals surface area contributed by atoms with Gasteiger partial charge in [-0.2, -0.15) is 0 Å². The molecule has 0 unspecified atom stereocenters. The molecule has 1 aliphatic heterocycles. The van der Waals surface area contributed by atoms with Crippen LogP contribution in [0.2, 0.25) is 5.02 Å². The lowest BCUT2D eigenvalue weighted by Crippen LogP contribution is -2.28. The second kappa shape index (κ2) is 7.11. The van der Waals surface area contributed by atoms with Gasteiger partial charge in [0.1, 0.15) is 0 Å². The van der Waals surface area contributed by atoms with Gasteiger partial charge in [-0.25, -0.2) is 0 Å². The third-order valence-electron chi connectivity index (χ3n) is 4.16. The van der Waals surface area contributed by atoms with Crippen LogP contribution in [0, 0.1) is 16.4 Å². The average molecular weight is 455 g/mol. The minimum absolute atomic E-state index is 0.0525. The molecule has 0 aromatic heterocycles. The third kappa shape index (κ3) is 3.42. The number of amides is 2. The fraction of sp³-hybridized carbons (Fsp3) is 0.222. The number of anilines is 2. The highest BCUT2D eigenvalue weighted by Crippen LogP contribution is 2.32. The quantitative estimate of drug-likeness (QED) is 0.705. The normalized spacial score (nSPS) is 17.2. The number of hydrogen-bond donors (Lipinski definition) is 1. The molecular formula is C18H16ClIN2O2. The van der Waals surface area contributed by atoms with Crippen LogP contribution in [0.15, 0.2) is 42.5 Å². The summed E-state index contributed by atoms with van der Waals surface area (Å²) in [6, 6.07) is 13.0. The van der Waals surface area contributed by atoms with E-state index in [2.05, 4.69) is 27.9 Å². The molecule has 6 heteroatoms. The van der Waals surface area contributed by atoms with Gasteiger partial charge >= 0.3 is 0 Å². The zero-order valence-electron chi connectivity index (χ0n) is 13.1. The molecule has 1 atom stereocenters. The molecule has 124 valence electrons. The van der Waals surface area contributed by atoms with Gasteiger partial charge in [0.15, 0.2) is 0 Å². The first-order chi connectivity index (χ1) is 11.5. The molecule has 3 rings (SSSR count). The Hall–Kier alpha value is -1.60. The minimum atomic E-state index is -0.369. The maximum atomic E-state index is 12.5. The van der Waals surface area contributed by atoms with E-state index in [4.69, 9.17) is 11.6 Å². The van der Waals surface area contributed by atoms with Gasteiger partial charge in [0.25, 0.3) is 0 Å². The van der Waals surface area contributed by atoms with Crippen molar-refractivity contribution in [3.05, 3.63) is 56.6 Å². The van der Waals surface area contributed by atoms with Crippen molar-refractivity contribution in [2.45, 2.75) is 13.3 Å². The van der Waals surface area contributed by atoms with E-state index in [1.807, 2.05) is 43.3 Å². The Bertz CT molecular complexity index is 809. The van der Waals surface area contributed by atoms with E-state index < -0.39 is 0 Å². The van der Waals surface area contributed by atoms with Crippen molar-refractivity contribution in [2.75, 3.05) is 16.8 Å². The second-order valence-electron chi connectivity index (χ2n) is 5.76. The maximum absolute atomic E-state index is 12.5. The van der Waals surface area contributed by atoms with Crippen LogP contribution in [0.25, 0.3) is 0 Å². The van der Waals surface area contributed by atoms with Gasteiger partial charge in [-0.15, -0.1) is 0 Å². The second-order valence-corrected chi connectivity index (χ2v) is 7.33. The Morgan fingerprint density at radius 1 is 1.25 bits per heavy atom. The summed E-state index contributed by atoms with van der Waals surface area (Å²) >= 11 is 8.32. The summed E-state index contributed by atoms with van der Waals surface area (Å²) in [5, 5.41) is 3.54. The van der Waals surface area contributed by atoms with Crippen molar-refractivity contribution in [3.8, 4) is 0 Å². The fourth-order valence-corrected chi connectivity index (χ4v) is 3.49. The van der Waals surface area contributed by atoms with Gasteiger partial charge < -0.3 is 10.2 Å². The van der Waals surface area contributed by atoms with Crippen LogP contribution in [0.1, 0.15) is 12.0 Å². The van der Waals surface area contributed by atoms with E-state index in [1.165, 1.54) is 0 Å². The molecule has 0 radical (unpaired) electrons. The Labute approximate surface area is 159 Å². The van der Waals surface area contributed by atoms with Crippen LogP contribution in [0.4, 0.5) is 11.4 Å². The Balaban J connectivity index is 1.76. The van der Waals surface area contributed by atoms with E-state index in [0.717, 1.165) is 20.5 Å². The van der Waals surface area contributed by atoms with Crippen molar-refractivity contribution in [1.29, 1.82) is 0 Å². The van der Waals surface area contributed by atoms with Crippen LogP contribution in [0.3, 0.4) is 0 Å². The average Bonchev–Trinajstić information content (AvgIpc) is 2.94. The van der Waals surface area contributed by atoms with Gasteiger partial charge in [0.05, 0.1) is 11.6 Å². The Kier molecular flexibility index (Phi) is 5.10. The first kappa shape index (κ1) is 17.2. The fourth-order valence-electron chi connectivity index (χ4n) is 2.80. The summed E-state index contributed by atoms with van der Waals surface area (Å²) in [7, 11) is 0. The molecule has 2 amide bonds. The standard InChI is InChI=1S/C18H16ClIN2O2/c1-11-13(19)5-4-8-16(11)22-10-12(9-17(22)23)18(24)21-15-7-3-2-6-14(15)20/h2-8,12H,9-10H2,1H3,(H,21,24)/t12-/m1/s1. The van der Waals surface area contributed by atoms with Crippen LogP contribution >= 0.6 is 34.2 Å². The van der Waals surface area contributed by atoms with Crippen molar-refractivity contribution >= 4 is 57.4 Å². The van der Waals surface area contributed by atoms with Gasteiger partial charge in [0, 0.05) is 27.2 Å². The molecular weight excluding hydrogens is 439 g/mol. The van der Waals surface area contributed by atoms with Crippen molar-refractivity contribution < 1.29 is 9.59 Å². The number of para-hydroxylation sites is 1. The number of carbonyl (C=O) groups excluding carboxylic acids is 2. The summed E-state index contributed by atoms with van der Waals surface area (Å²) in [5.74, 6) is -0.551. The van der Waals surface area contributed by atoms with E-state index in [-0.39, 0.29) is 24.2 Å². The SMILES string of the molecule is Cc1c(Cl)cccc1N1C[C@H](C(=O)Nc2ccccc2I)CC1=O. The van der Waals surface area contributed by atoms with Crippen LogP contribution < -0.4 is 10.2 Å². The summed E-state index contributed by atoms with van der Waals surface area (Å²) < 4.78 is 0.968. The highest BCUT2D eigenvalue weighted by Gasteiger charge is 2.36. The maximum Gasteiger partial charge on any atom is 0.229 e. The lowest BCUT2D eigenvalue weighted by atomic mass is 10.1. The number of rotatable bonds is 3. The van der Waals surface area contributed by atoms with E-state index in [1.54, 1.807) is 11.0 Å². The Morgan fingerprint density at radius 2 is 2.00 bits per heavy atom. The molecule has 0 saturated carbocycles. The number of carbonyl (C=O) groups is 2. The van der Waals surface area contributed by atoms with Crippen molar-refractivity contribution in [1.82, 2.24) is 0 Å². The molecule has 1 heterocycles. The molecule has 1 aliphatic rings. The number of hydrogen-bond acceptors (Lipinski definition) is 2. The lowest BCUT2D eigenvalue weighted by molar-refractivity contribution is -0.122. The van der Waals surface area contributed by atoms with Crippen LogP contribution in [-0.4, -0.2) is 18.4 Å². The number of nitrogens with zero attached hydrogens (tertiary/aromatic N) is 1. The van der Waals surface area contributed by atoms with Gasteiger partial charge in [-0.1, -0.05) is 29.8 Å². The largest absolute Gasteiger partial charge is 0.325 e. The van der Waals surface area contributed by atoms with Crippen molar-refractivity contribution in [3.63, 3.8) is 0 Å². The summed E-state index contributed by atoms with van der Waals surface area (Å²) in [5.41, 5.74) is 2.40. The van der Waals surface area contributed by atoms with E-state index in [9.17, 15) is 9.59 Å². The number of halogens is 2. The van der Waals surface area contributed by atoms with Gasteiger partial charge in [-0.05, 0) is 59.3 Å². The molecule has 0 bridgehead atoms. The molecule has 0 spiro atoms.